The van der Waals surface area contributed by atoms with Crippen LogP contribution in [0.4, 0.5) is 0 Å². The molecule has 2 aromatic carbocycles. The lowest BCUT2D eigenvalue weighted by atomic mass is 10.1. The normalized spacial score (nSPS) is 12.9. The SMILES string of the molecule is COc1cc(/C=C/C(=O)Oc2c(C)ccc(C)c2C)cc2c1OCCO2. The lowest BCUT2D eigenvalue weighted by Gasteiger charge is -2.20. The maximum absolute atomic E-state index is 12.2. The Morgan fingerprint density at radius 1 is 1.08 bits per heavy atom. The lowest BCUT2D eigenvalue weighted by Crippen LogP contribution is -2.16. The minimum atomic E-state index is -0.435. The summed E-state index contributed by atoms with van der Waals surface area (Å²) < 4.78 is 22.1. The van der Waals surface area contributed by atoms with Gasteiger partial charge in [-0.1, -0.05) is 12.1 Å². The van der Waals surface area contributed by atoms with Crippen LogP contribution in [0.25, 0.3) is 6.08 Å². The van der Waals surface area contributed by atoms with Gasteiger partial charge in [-0.2, -0.15) is 0 Å². The first kappa shape index (κ1) is 17.9. The highest BCUT2D eigenvalue weighted by Gasteiger charge is 2.18. The number of carbonyl (C=O) groups excluding carboxylic acids is 1. The minimum absolute atomic E-state index is 0.435. The van der Waals surface area contributed by atoms with E-state index in [2.05, 4.69) is 0 Å². The maximum Gasteiger partial charge on any atom is 0.336 e. The Labute approximate surface area is 153 Å². The van der Waals surface area contributed by atoms with Gasteiger partial charge in [0, 0.05) is 6.08 Å². The Hall–Kier alpha value is -2.95. The van der Waals surface area contributed by atoms with Crippen molar-refractivity contribution in [3.63, 3.8) is 0 Å². The lowest BCUT2D eigenvalue weighted by molar-refractivity contribution is -0.129. The van der Waals surface area contributed by atoms with Crippen molar-refractivity contribution in [3.05, 3.63) is 52.6 Å². The molecule has 0 spiro atoms. The Balaban J connectivity index is 1.80. The fourth-order valence-corrected chi connectivity index (χ4v) is 2.77. The largest absolute Gasteiger partial charge is 0.493 e. The molecular formula is C21H22O5. The zero-order valence-corrected chi connectivity index (χ0v) is 15.4. The van der Waals surface area contributed by atoms with Gasteiger partial charge in [-0.25, -0.2) is 4.79 Å². The van der Waals surface area contributed by atoms with Crippen LogP contribution in [0.5, 0.6) is 23.0 Å². The van der Waals surface area contributed by atoms with Gasteiger partial charge >= 0.3 is 5.97 Å². The van der Waals surface area contributed by atoms with Crippen molar-refractivity contribution in [2.45, 2.75) is 20.8 Å². The summed E-state index contributed by atoms with van der Waals surface area (Å²) in [6, 6.07) is 7.56. The van der Waals surface area contributed by atoms with Crippen LogP contribution in [-0.2, 0) is 4.79 Å². The molecule has 0 aromatic heterocycles. The second kappa shape index (κ2) is 7.52. The van der Waals surface area contributed by atoms with Gasteiger partial charge in [0.1, 0.15) is 19.0 Å². The molecule has 1 aliphatic rings. The molecule has 0 aliphatic carbocycles. The Morgan fingerprint density at radius 3 is 2.58 bits per heavy atom. The highest BCUT2D eigenvalue weighted by molar-refractivity contribution is 5.89. The molecule has 1 heterocycles. The van der Waals surface area contributed by atoms with Crippen molar-refractivity contribution < 1.29 is 23.7 Å². The van der Waals surface area contributed by atoms with Crippen LogP contribution in [0.1, 0.15) is 22.3 Å². The first-order valence-electron chi connectivity index (χ1n) is 8.44. The van der Waals surface area contributed by atoms with E-state index in [1.165, 1.54) is 6.08 Å². The molecule has 2 aromatic rings. The van der Waals surface area contributed by atoms with Gasteiger partial charge in [0.2, 0.25) is 5.75 Å². The molecular weight excluding hydrogens is 332 g/mol. The summed E-state index contributed by atoms with van der Waals surface area (Å²) in [4.78, 5) is 12.2. The fourth-order valence-electron chi connectivity index (χ4n) is 2.77. The minimum Gasteiger partial charge on any atom is -0.493 e. The highest BCUT2D eigenvalue weighted by Crippen LogP contribution is 2.40. The summed E-state index contributed by atoms with van der Waals surface area (Å²) in [5.41, 5.74) is 3.74. The molecule has 0 unspecified atom stereocenters. The van der Waals surface area contributed by atoms with Gasteiger partial charge < -0.3 is 18.9 Å². The van der Waals surface area contributed by atoms with Crippen molar-refractivity contribution in [2.24, 2.45) is 0 Å². The van der Waals surface area contributed by atoms with Gasteiger partial charge in [0.15, 0.2) is 11.5 Å². The molecule has 0 fully saturated rings. The molecule has 0 N–H and O–H groups in total. The number of methoxy groups -OCH3 is 1. The number of carbonyl (C=O) groups is 1. The van der Waals surface area contributed by atoms with Crippen LogP contribution < -0.4 is 18.9 Å². The molecule has 0 radical (unpaired) electrons. The zero-order valence-electron chi connectivity index (χ0n) is 15.4. The highest BCUT2D eigenvalue weighted by atomic mass is 16.6. The quantitative estimate of drug-likeness (QED) is 0.472. The molecule has 0 bridgehead atoms. The van der Waals surface area contributed by atoms with Crippen LogP contribution in [0.2, 0.25) is 0 Å². The number of hydrogen-bond acceptors (Lipinski definition) is 5. The van der Waals surface area contributed by atoms with Gasteiger partial charge in [0.25, 0.3) is 0 Å². The third kappa shape index (κ3) is 3.67. The summed E-state index contributed by atoms with van der Waals surface area (Å²) in [7, 11) is 1.57. The van der Waals surface area contributed by atoms with E-state index in [4.69, 9.17) is 18.9 Å². The van der Waals surface area contributed by atoms with Crippen molar-refractivity contribution in [1.29, 1.82) is 0 Å². The summed E-state index contributed by atoms with van der Waals surface area (Å²) in [6.07, 6.45) is 3.07. The number of aryl methyl sites for hydroxylation is 2. The molecule has 26 heavy (non-hydrogen) atoms. The standard InChI is InChI=1S/C21H22O5/c1-13-5-6-14(2)20(15(13)3)26-19(22)8-7-16-11-17(23-4)21-18(12-16)24-9-10-25-21/h5-8,11-12H,9-10H2,1-4H3/b8-7+. The zero-order chi connectivity index (χ0) is 18.7. The number of ether oxygens (including phenoxy) is 4. The van der Waals surface area contributed by atoms with Crippen LogP contribution in [0, 0.1) is 20.8 Å². The predicted octanol–water partition coefficient (Wildman–Crippen LogP) is 4.01. The molecule has 1 aliphatic heterocycles. The van der Waals surface area contributed by atoms with Crippen LogP contribution in [-0.4, -0.2) is 26.3 Å². The number of benzene rings is 2. The van der Waals surface area contributed by atoms with Gasteiger partial charge in [-0.3, -0.25) is 0 Å². The topological polar surface area (TPSA) is 54.0 Å². The van der Waals surface area contributed by atoms with E-state index in [0.717, 1.165) is 22.3 Å². The summed E-state index contributed by atoms with van der Waals surface area (Å²) in [5.74, 6) is 1.94. The molecule has 0 saturated carbocycles. The van der Waals surface area contributed by atoms with Crippen LogP contribution in [0.15, 0.2) is 30.3 Å². The molecule has 5 nitrogen and oxygen atoms in total. The van der Waals surface area contributed by atoms with E-state index in [1.807, 2.05) is 39.0 Å². The summed E-state index contributed by atoms with van der Waals surface area (Å²) in [5, 5.41) is 0. The van der Waals surface area contributed by atoms with Crippen molar-refractivity contribution >= 4 is 12.0 Å². The van der Waals surface area contributed by atoms with E-state index < -0.39 is 5.97 Å². The van der Waals surface area contributed by atoms with E-state index in [-0.39, 0.29) is 0 Å². The second-order valence-corrected chi connectivity index (χ2v) is 6.16. The van der Waals surface area contributed by atoms with E-state index in [1.54, 1.807) is 19.3 Å². The van der Waals surface area contributed by atoms with Gasteiger partial charge in [0.05, 0.1) is 7.11 Å². The number of fused-ring (bicyclic) bond motifs is 1. The Bertz CT molecular complexity index is 850. The van der Waals surface area contributed by atoms with Crippen LogP contribution >= 0.6 is 0 Å². The molecule has 0 saturated heterocycles. The Morgan fingerprint density at radius 2 is 1.81 bits per heavy atom. The fraction of sp³-hybridized carbons (Fsp3) is 0.286. The van der Waals surface area contributed by atoms with E-state index >= 15 is 0 Å². The molecule has 5 heteroatoms. The van der Waals surface area contributed by atoms with E-state index in [9.17, 15) is 4.79 Å². The molecule has 0 amide bonds. The monoisotopic (exact) mass is 354 g/mol. The molecule has 136 valence electrons. The van der Waals surface area contributed by atoms with Crippen molar-refractivity contribution in [1.82, 2.24) is 0 Å². The molecule has 0 atom stereocenters. The van der Waals surface area contributed by atoms with Crippen LogP contribution in [0.3, 0.4) is 0 Å². The summed E-state index contributed by atoms with van der Waals surface area (Å²) in [6.45, 7) is 6.82. The number of hydrogen-bond donors (Lipinski definition) is 0. The Kier molecular flexibility index (Phi) is 5.16. The number of esters is 1. The smallest absolute Gasteiger partial charge is 0.336 e. The third-order valence-corrected chi connectivity index (χ3v) is 4.34. The number of rotatable bonds is 4. The average molecular weight is 354 g/mol. The van der Waals surface area contributed by atoms with E-state index in [0.29, 0.717) is 36.2 Å². The predicted molar refractivity (Wildman–Crippen MR) is 99.3 cm³/mol. The first-order valence-corrected chi connectivity index (χ1v) is 8.44. The van der Waals surface area contributed by atoms with Crippen molar-refractivity contribution in [2.75, 3.05) is 20.3 Å². The second-order valence-electron chi connectivity index (χ2n) is 6.16. The summed E-state index contributed by atoms with van der Waals surface area (Å²) >= 11 is 0. The third-order valence-electron chi connectivity index (χ3n) is 4.34. The first-order chi connectivity index (χ1) is 12.5. The maximum atomic E-state index is 12.2. The molecule has 3 rings (SSSR count). The van der Waals surface area contributed by atoms with Gasteiger partial charge in [-0.05, 0) is 61.2 Å². The average Bonchev–Trinajstić information content (AvgIpc) is 2.66. The van der Waals surface area contributed by atoms with Crippen molar-refractivity contribution in [3.8, 4) is 23.0 Å². The van der Waals surface area contributed by atoms with Gasteiger partial charge in [-0.15, -0.1) is 0 Å².